The molecule has 8 nitrogen and oxygen atoms in total. The number of carbonyl (C=O) groups is 1. The molecular formula is C32H55N3O5Si2. The summed E-state index contributed by atoms with van der Waals surface area (Å²) in [6.07, 6.45) is 5.41. The lowest BCUT2D eigenvalue weighted by Gasteiger charge is -2.45. The van der Waals surface area contributed by atoms with Crippen molar-refractivity contribution in [1.82, 2.24) is 9.97 Å². The highest BCUT2D eigenvalue weighted by Crippen LogP contribution is 2.46. The molecule has 1 aliphatic carbocycles. The number of hydrogen-bond donors (Lipinski definition) is 2. The van der Waals surface area contributed by atoms with Crippen LogP contribution in [0.25, 0.3) is 0 Å². The summed E-state index contributed by atoms with van der Waals surface area (Å²) in [6, 6.07) is 1.64. The highest BCUT2D eigenvalue weighted by atomic mass is 28.4. The van der Waals surface area contributed by atoms with Crippen LogP contribution in [0, 0.1) is 5.92 Å². The Hall–Kier alpha value is -1.86. The normalized spacial score (nSPS) is 21.0. The molecule has 4 atom stereocenters. The maximum absolute atomic E-state index is 13.4. The van der Waals surface area contributed by atoms with E-state index in [1.165, 1.54) is 18.8 Å². The number of ketones is 1. The molecule has 0 unspecified atom stereocenters. The van der Waals surface area contributed by atoms with Gasteiger partial charge in [0.2, 0.25) is 14.1 Å². The molecule has 1 aliphatic rings. The zero-order valence-corrected chi connectivity index (χ0v) is 29.9. The van der Waals surface area contributed by atoms with Gasteiger partial charge < -0.3 is 23.7 Å². The first-order valence-electron chi connectivity index (χ1n) is 15.6. The second-order valence-corrected chi connectivity index (χ2v) is 24.9. The number of nitrogens with one attached hydrogen (secondary N) is 1. The molecule has 0 radical (unpaired) electrons. The molecule has 236 valence electrons. The van der Waals surface area contributed by atoms with Gasteiger partial charge in [-0.25, -0.2) is 9.97 Å². The Labute approximate surface area is 255 Å². The molecular weight excluding hydrogens is 563 g/mol. The Morgan fingerprint density at radius 1 is 1.10 bits per heavy atom. The van der Waals surface area contributed by atoms with Gasteiger partial charge in [-0.3, -0.25) is 4.79 Å². The summed E-state index contributed by atoms with van der Waals surface area (Å²) < 4.78 is 19.7. The number of aliphatic hydroxyl groups is 1. The van der Waals surface area contributed by atoms with Gasteiger partial charge in [-0.05, 0) is 60.6 Å². The van der Waals surface area contributed by atoms with Crippen LogP contribution in [0.5, 0.6) is 0 Å². The maximum atomic E-state index is 13.4. The van der Waals surface area contributed by atoms with E-state index in [2.05, 4.69) is 90.7 Å². The molecule has 3 rings (SSSR count). The van der Waals surface area contributed by atoms with Crippen molar-refractivity contribution >= 4 is 28.2 Å². The maximum Gasteiger partial charge on any atom is 0.233 e. The van der Waals surface area contributed by atoms with Crippen molar-refractivity contribution in [2.45, 2.75) is 135 Å². The molecule has 0 amide bonds. The number of rotatable bonds is 13. The number of anilines is 1. The van der Waals surface area contributed by atoms with E-state index in [0.29, 0.717) is 40.2 Å². The zero-order valence-electron chi connectivity index (χ0n) is 27.9. The number of aromatic nitrogens is 2. The van der Waals surface area contributed by atoms with Crippen LogP contribution >= 0.6 is 0 Å². The first-order chi connectivity index (χ1) is 19.4. The smallest absolute Gasteiger partial charge is 0.233 e. The van der Waals surface area contributed by atoms with Gasteiger partial charge in [-0.15, -0.1) is 0 Å². The Kier molecular flexibility index (Phi) is 11.1. The molecule has 0 spiro atoms. The minimum absolute atomic E-state index is 0.0609. The van der Waals surface area contributed by atoms with Gasteiger partial charge in [0.15, 0.2) is 14.1 Å². The number of carbonyl (C=O) groups excluding carboxylic acids is 1. The lowest BCUT2D eigenvalue weighted by atomic mass is 10.1. The summed E-state index contributed by atoms with van der Waals surface area (Å²) in [4.78, 5) is 22.0. The summed E-state index contributed by atoms with van der Waals surface area (Å²) in [5.41, 5.74) is 2.35. The summed E-state index contributed by atoms with van der Waals surface area (Å²) >= 11 is 0. The molecule has 0 saturated heterocycles. The van der Waals surface area contributed by atoms with Gasteiger partial charge in [0, 0.05) is 30.3 Å². The monoisotopic (exact) mass is 617 g/mol. The Morgan fingerprint density at radius 2 is 1.71 bits per heavy atom. The van der Waals surface area contributed by atoms with Crippen molar-refractivity contribution in [3.63, 3.8) is 0 Å². The highest BCUT2D eigenvalue weighted by molar-refractivity contribution is 6.77. The van der Waals surface area contributed by atoms with Gasteiger partial charge in [0.05, 0.1) is 24.0 Å². The molecule has 2 aromatic heterocycles. The van der Waals surface area contributed by atoms with Crippen LogP contribution in [0.4, 0.5) is 5.82 Å². The van der Waals surface area contributed by atoms with Crippen molar-refractivity contribution < 1.29 is 23.2 Å². The summed E-state index contributed by atoms with van der Waals surface area (Å²) in [5, 5.41) is 13.6. The molecule has 0 aromatic carbocycles. The van der Waals surface area contributed by atoms with Crippen LogP contribution in [0.3, 0.4) is 0 Å². The molecule has 1 fully saturated rings. The van der Waals surface area contributed by atoms with E-state index in [-0.39, 0.29) is 34.6 Å². The fourth-order valence-corrected chi connectivity index (χ4v) is 13.0. The summed E-state index contributed by atoms with van der Waals surface area (Å²) in [6.45, 7) is 27.7. The van der Waals surface area contributed by atoms with Gasteiger partial charge >= 0.3 is 0 Å². The fourth-order valence-electron chi connectivity index (χ4n) is 6.35. The summed E-state index contributed by atoms with van der Waals surface area (Å²) in [7, 11) is -4.08. The standard InChI is InChI=1S/C32H55N3O5Si2/c1-20(2)42(21(3)4,22(5)6)40-28-15-26(13-25(28)18-39-41(11,12)32(8,9)10)35-31-27(16-33-19-34-31)30(37)29-14-24(17-38-29)23(7)36/h14,16-17,19-23,25-26,28,36H,13,15,18H2,1-12H3,(H,33,34,35)/t23-,25-,26-,28+/m1/s1. The van der Waals surface area contributed by atoms with Crippen LogP contribution in [-0.4, -0.2) is 56.2 Å². The van der Waals surface area contributed by atoms with E-state index in [1.54, 1.807) is 13.0 Å². The third kappa shape index (κ3) is 7.43. The van der Waals surface area contributed by atoms with Gasteiger partial charge in [-0.2, -0.15) is 0 Å². The Bertz CT molecular complexity index is 1170. The quantitative estimate of drug-likeness (QED) is 0.171. The van der Waals surface area contributed by atoms with Crippen LogP contribution < -0.4 is 5.32 Å². The van der Waals surface area contributed by atoms with E-state index in [1.807, 2.05) is 0 Å². The molecule has 2 heterocycles. The lowest BCUT2D eigenvalue weighted by Crippen LogP contribution is -2.51. The van der Waals surface area contributed by atoms with Crippen molar-refractivity contribution in [2.24, 2.45) is 5.92 Å². The number of nitrogens with zero attached hydrogens (tertiary/aromatic N) is 2. The van der Waals surface area contributed by atoms with Gasteiger partial charge in [-0.1, -0.05) is 62.3 Å². The van der Waals surface area contributed by atoms with E-state index in [9.17, 15) is 9.90 Å². The SMILES string of the molecule is CC(C)[Si](O[C@H]1C[C@H](Nc2ncncc2C(=O)c2cc([C@@H](C)O)co2)C[C@@H]1CO[Si](C)(C)C(C)(C)C)(C(C)C)C(C)C. The van der Waals surface area contributed by atoms with Crippen molar-refractivity contribution in [3.05, 3.63) is 41.7 Å². The van der Waals surface area contributed by atoms with Crippen molar-refractivity contribution in [1.29, 1.82) is 0 Å². The first kappa shape index (κ1) is 34.6. The Morgan fingerprint density at radius 3 is 2.24 bits per heavy atom. The third-order valence-electron chi connectivity index (χ3n) is 9.78. The minimum atomic E-state index is -2.13. The average Bonchev–Trinajstić information content (AvgIpc) is 3.52. The van der Waals surface area contributed by atoms with E-state index >= 15 is 0 Å². The fraction of sp³-hybridized carbons (Fsp3) is 0.719. The average molecular weight is 618 g/mol. The predicted molar refractivity (Wildman–Crippen MR) is 174 cm³/mol. The number of aliphatic hydroxyl groups excluding tert-OH is 1. The lowest BCUT2D eigenvalue weighted by molar-refractivity contribution is 0.0971. The molecule has 10 heteroatoms. The third-order valence-corrected chi connectivity index (χ3v) is 20.4. The molecule has 1 saturated carbocycles. The van der Waals surface area contributed by atoms with Gasteiger partial charge in [0.1, 0.15) is 12.1 Å². The van der Waals surface area contributed by atoms with Crippen LogP contribution in [0.15, 0.2) is 29.3 Å². The first-order valence-corrected chi connectivity index (χ1v) is 20.6. The second kappa shape index (κ2) is 13.4. The zero-order chi connectivity index (χ0) is 31.6. The topological polar surface area (TPSA) is 107 Å². The van der Waals surface area contributed by atoms with E-state index in [4.69, 9.17) is 13.3 Å². The van der Waals surface area contributed by atoms with Crippen molar-refractivity contribution in [3.8, 4) is 0 Å². The van der Waals surface area contributed by atoms with Gasteiger partial charge in [0.25, 0.3) is 0 Å². The molecule has 0 aliphatic heterocycles. The minimum Gasteiger partial charge on any atom is -0.460 e. The predicted octanol–water partition coefficient (Wildman–Crippen LogP) is 8.13. The number of hydrogen-bond acceptors (Lipinski definition) is 8. The number of furan rings is 1. The van der Waals surface area contributed by atoms with Crippen LogP contribution in [0.2, 0.25) is 34.8 Å². The molecule has 42 heavy (non-hydrogen) atoms. The van der Waals surface area contributed by atoms with E-state index in [0.717, 1.165) is 12.8 Å². The largest absolute Gasteiger partial charge is 0.460 e. The van der Waals surface area contributed by atoms with E-state index < -0.39 is 22.7 Å². The van der Waals surface area contributed by atoms with Crippen LogP contribution in [0.1, 0.15) is 110 Å². The highest BCUT2D eigenvalue weighted by Gasteiger charge is 2.50. The summed E-state index contributed by atoms with van der Waals surface area (Å²) in [5.74, 6) is 0.553. The molecule has 0 bridgehead atoms. The van der Waals surface area contributed by atoms with Crippen LogP contribution in [-0.2, 0) is 8.85 Å². The van der Waals surface area contributed by atoms with Crippen molar-refractivity contribution in [2.75, 3.05) is 11.9 Å². The Balaban J connectivity index is 1.89. The second-order valence-electron chi connectivity index (χ2n) is 14.7. The molecule has 2 aromatic rings. The molecule has 2 N–H and O–H groups in total.